The minimum atomic E-state index is -0.347. The molecule has 1 aromatic heterocycles. The Morgan fingerprint density at radius 3 is 2.47 bits per heavy atom. The highest BCUT2D eigenvalue weighted by molar-refractivity contribution is 5.99. The highest BCUT2D eigenvalue weighted by atomic mass is 19.1. The number of halogens is 1. The van der Waals surface area contributed by atoms with Crippen molar-refractivity contribution >= 4 is 28.4 Å². The molecule has 32 heavy (non-hydrogen) atoms. The Bertz CT molecular complexity index is 1140. The van der Waals surface area contributed by atoms with E-state index in [-0.39, 0.29) is 24.2 Å². The topological polar surface area (TPSA) is 74.8 Å². The summed E-state index contributed by atoms with van der Waals surface area (Å²) in [5.74, 6) is 0.160. The molecule has 0 radical (unpaired) electrons. The van der Waals surface area contributed by atoms with Gasteiger partial charge in [-0.15, -0.1) is 0 Å². The van der Waals surface area contributed by atoms with E-state index in [9.17, 15) is 14.0 Å². The zero-order valence-corrected chi connectivity index (χ0v) is 18.1. The lowest BCUT2D eigenvalue weighted by Crippen LogP contribution is -2.50. The lowest BCUT2D eigenvalue weighted by molar-refractivity contribution is -0.117. The number of fused-ring (bicyclic) bond motifs is 1. The van der Waals surface area contributed by atoms with Crippen molar-refractivity contribution < 1.29 is 18.7 Å². The molecular formula is C24H25FN4O3. The molecule has 1 saturated heterocycles. The van der Waals surface area contributed by atoms with Crippen LogP contribution in [0.1, 0.15) is 16.1 Å². The smallest absolute Gasteiger partial charge is 0.255 e. The summed E-state index contributed by atoms with van der Waals surface area (Å²) < 4.78 is 18.2. The fourth-order valence-corrected chi connectivity index (χ4v) is 3.80. The van der Waals surface area contributed by atoms with Gasteiger partial charge in [-0.2, -0.15) is 0 Å². The van der Waals surface area contributed by atoms with Gasteiger partial charge in [-0.1, -0.05) is 0 Å². The van der Waals surface area contributed by atoms with Gasteiger partial charge in [-0.3, -0.25) is 19.5 Å². The van der Waals surface area contributed by atoms with E-state index in [0.717, 1.165) is 16.7 Å². The van der Waals surface area contributed by atoms with Crippen LogP contribution in [0.25, 0.3) is 10.9 Å². The van der Waals surface area contributed by atoms with Gasteiger partial charge < -0.3 is 15.0 Å². The number of anilines is 1. The summed E-state index contributed by atoms with van der Waals surface area (Å²) in [6, 6.07) is 13.1. The number of nitrogens with one attached hydrogen (secondary N) is 1. The summed E-state index contributed by atoms with van der Waals surface area (Å²) in [7, 11) is 1.61. The lowest BCUT2D eigenvalue weighted by atomic mass is 10.1. The Morgan fingerprint density at radius 2 is 1.78 bits per heavy atom. The molecule has 166 valence electrons. The maximum Gasteiger partial charge on any atom is 0.255 e. The Balaban J connectivity index is 1.35. The molecule has 0 saturated carbocycles. The number of benzene rings is 2. The zero-order chi connectivity index (χ0) is 22.7. The lowest BCUT2D eigenvalue weighted by Gasteiger charge is -2.34. The van der Waals surface area contributed by atoms with E-state index in [2.05, 4.69) is 10.3 Å². The highest BCUT2D eigenvalue weighted by Crippen LogP contribution is 2.23. The second-order valence-corrected chi connectivity index (χ2v) is 7.80. The summed E-state index contributed by atoms with van der Waals surface area (Å²) in [6.45, 7) is 4.31. The van der Waals surface area contributed by atoms with Gasteiger partial charge >= 0.3 is 0 Å². The molecule has 1 N–H and O–H groups in total. The van der Waals surface area contributed by atoms with Gasteiger partial charge in [0.1, 0.15) is 11.6 Å². The van der Waals surface area contributed by atoms with E-state index >= 15 is 0 Å². The number of ether oxygens (including phenoxy) is 1. The fraction of sp³-hybridized carbons (Fsp3) is 0.292. The van der Waals surface area contributed by atoms with Gasteiger partial charge in [-0.25, -0.2) is 4.39 Å². The first kappa shape index (κ1) is 21.7. The molecule has 8 heteroatoms. The molecule has 0 unspecified atom stereocenters. The van der Waals surface area contributed by atoms with E-state index in [1.165, 1.54) is 24.3 Å². The van der Waals surface area contributed by atoms with Crippen molar-refractivity contribution in [1.82, 2.24) is 14.8 Å². The minimum absolute atomic E-state index is 0.0527. The van der Waals surface area contributed by atoms with Crippen LogP contribution in [-0.2, 0) is 4.79 Å². The maximum absolute atomic E-state index is 13.1. The van der Waals surface area contributed by atoms with Crippen molar-refractivity contribution in [2.75, 3.05) is 45.2 Å². The van der Waals surface area contributed by atoms with Crippen molar-refractivity contribution in [2.45, 2.75) is 6.92 Å². The number of aromatic nitrogens is 1. The van der Waals surface area contributed by atoms with Gasteiger partial charge in [0.05, 0.1) is 30.4 Å². The number of hydrogen-bond acceptors (Lipinski definition) is 5. The molecule has 0 aliphatic carbocycles. The number of aryl methyl sites for hydroxylation is 1. The Kier molecular flexibility index (Phi) is 6.32. The summed E-state index contributed by atoms with van der Waals surface area (Å²) in [5.41, 5.74) is 2.61. The molecule has 7 nitrogen and oxygen atoms in total. The van der Waals surface area contributed by atoms with Crippen LogP contribution in [0.2, 0.25) is 0 Å². The molecule has 1 aliphatic rings. The third-order valence-corrected chi connectivity index (χ3v) is 5.60. The van der Waals surface area contributed by atoms with Crippen molar-refractivity contribution in [3.63, 3.8) is 0 Å². The van der Waals surface area contributed by atoms with Gasteiger partial charge in [0.25, 0.3) is 5.91 Å². The number of amides is 2. The highest BCUT2D eigenvalue weighted by Gasteiger charge is 2.25. The van der Waals surface area contributed by atoms with Gasteiger partial charge in [0.2, 0.25) is 5.91 Å². The predicted molar refractivity (Wildman–Crippen MR) is 120 cm³/mol. The van der Waals surface area contributed by atoms with Crippen molar-refractivity contribution in [1.29, 1.82) is 0 Å². The first-order valence-electron chi connectivity index (χ1n) is 10.5. The SMILES string of the molecule is COc1ccc2cc(C(=O)N3CCN(CC(=O)Nc4ccc(F)cc4)CC3)c(C)nc2c1. The molecule has 0 spiro atoms. The van der Waals surface area contributed by atoms with Gasteiger partial charge in [0.15, 0.2) is 0 Å². The van der Waals surface area contributed by atoms with E-state index in [4.69, 9.17) is 4.74 Å². The van der Waals surface area contributed by atoms with E-state index < -0.39 is 0 Å². The first-order valence-corrected chi connectivity index (χ1v) is 10.5. The van der Waals surface area contributed by atoms with E-state index in [1.807, 2.05) is 36.1 Å². The minimum Gasteiger partial charge on any atom is -0.497 e. The number of hydrogen-bond donors (Lipinski definition) is 1. The van der Waals surface area contributed by atoms with Crippen LogP contribution >= 0.6 is 0 Å². The van der Waals surface area contributed by atoms with Crippen LogP contribution < -0.4 is 10.1 Å². The molecular weight excluding hydrogens is 411 g/mol. The monoisotopic (exact) mass is 436 g/mol. The van der Waals surface area contributed by atoms with Gasteiger partial charge in [0, 0.05) is 43.3 Å². The quantitative estimate of drug-likeness (QED) is 0.665. The van der Waals surface area contributed by atoms with Crippen LogP contribution in [0, 0.1) is 12.7 Å². The molecule has 0 bridgehead atoms. The second kappa shape index (κ2) is 9.32. The Hall–Kier alpha value is -3.52. The number of rotatable bonds is 5. The normalized spacial score (nSPS) is 14.4. The van der Waals surface area contributed by atoms with Crippen molar-refractivity contribution in [2.24, 2.45) is 0 Å². The van der Waals surface area contributed by atoms with Crippen molar-refractivity contribution in [3.8, 4) is 5.75 Å². The van der Waals surface area contributed by atoms with Crippen molar-refractivity contribution in [3.05, 3.63) is 65.6 Å². The molecule has 1 aliphatic heterocycles. The summed E-state index contributed by atoms with van der Waals surface area (Å²) in [5, 5.41) is 3.65. The van der Waals surface area contributed by atoms with E-state index in [0.29, 0.717) is 43.1 Å². The van der Waals surface area contributed by atoms with Crippen LogP contribution in [0.5, 0.6) is 5.75 Å². The predicted octanol–water partition coefficient (Wildman–Crippen LogP) is 3.09. The zero-order valence-electron chi connectivity index (χ0n) is 18.1. The number of carbonyl (C=O) groups is 2. The number of nitrogens with zero attached hydrogens (tertiary/aromatic N) is 3. The average molecular weight is 436 g/mol. The van der Waals surface area contributed by atoms with Crippen LogP contribution in [0.3, 0.4) is 0 Å². The Morgan fingerprint density at radius 1 is 1.06 bits per heavy atom. The van der Waals surface area contributed by atoms with Crippen LogP contribution in [0.4, 0.5) is 10.1 Å². The first-order chi connectivity index (χ1) is 15.4. The molecule has 0 atom stereocenters. The second-order valence-electron chi connectivity index (χ2n) is 7.80. The molecule has 2 aromatic carbocycles. The Labute approximate surface area is 185 Å². The van der Waals surface area contributed by atoms with Crippen LogP contribution in [0.15, 0.2) is 48.5 Å². The summed E-state index contributed by atoms with van der Waals surface area (Å²) >= 11 is 0. The number of methoxy groups -OCH3 is 1. The number of carbonyl (C=O) groups excluding carboxylic acids is 2. The summed E-state index contributed by atoms with van der Waals surface area (Å²) in [6.07, 6.45) is 0. The third kappa shape index (κ3) is 4.86. The number of pyridine rings is 1. The standard InChI is InChI=1S/C24H25FN4O3/c1-16-21(13-17-3-8-20(32-2)14-22(17)26-16)24(31)29-11-9-28(10-12-29)15-23(30)27-19-6-4-18(25)5-7-19/h3-8,13-14H,9-12,15H2,1-2H3,(H,27,30). The van der Waals surface area contributed by atoms with E-state index in [1.54, 1.807) is 12.0 Å². The molecule has 2 heterocycles. The summed E-state index contributed by atoms with van der Waals surface area (Å²) in [4.78, 5) is 33.8. The molecule has 3 aromatic rings. The molecule has 4 rings (SSSR count). The van der Waals surface area contributed by atoms with Crippen LogP contribution in [-0.4, -0.2) is 66.4 Å². The maximum atomic E-state index is 13.1. The van der Waals surface area contributed by atoms with Gasteiger partial charge in [-0.05, 0) is 49.4 Å². The third-order valence-electron chi connectivity index (χ3n) is 5.60. The largest absolute Gasteiger partial charge is 0.497 e. The molecule has 2 amide bonds. The number of piperazine rings is 1. The fourth-order valence-electron chi connectivity index (χ4n) is 3.80. The molecule has 1 fully saturated rings. The average Bonchev–Trinajstić information content (AvgIpc) is 2.79.